The van der Waals surface area contributed by atoms with Crippen molar-refractivity contribution < 1.29 is 4.74 Å². The summed E-state index contributed by atoms with van der Waals surface area (Å²) in [6.07, 6.45) is 3.94. The predicted octanol–water partition coefficient (Wildman–Crippen LogP) is 2.83. The van der Waals surface area contributed by atoms with Crippen LogP contribution in [0.3, 0.4) is 0 Å². The number of ether oxygens (including phenoxy) is 1. The third-order valence-corrected chi connectivity index (χ3v) is 4.40. The fourth-order valence-electron chi connectivity index (χ4n) is 3.50. The summed E-state index contributed by atoms with van der Waals surface area (Å²) in [4.78, 5) is 2.53. The first-order valence-electron chi connectivity index (χ1n) is 7.69. The molecule has 2 rings (SSSR count). The van der Waals surface area contributed by atoms with Crippen LogP contribution in [0.5, 0.6) is 0 Å². The first-order chi connectivity index (χ1) is 9.77. The minimum absolute atomic E-state index is 0.497. The molecule has 1 aliphatic rings. The van der Waals surface area contributed by atoms with Crippen LogP contribution in [0.1, 0.15) is 36.4 Å². The lowest BCUT2D eigenvalue weighted by Gasteiger charge is -2.34. The van der Waals surface area contributed by atoms with E-state index >= 15 is 0 Å². The van der Waals surface area contributed by atoms with Gasteiger partial charge in [-0.3, -0.25) is 4.90 Å². The molecule has 1 heterocycles. The molecule has 0 amide bonds. The molecule has 3 heteroatoms. The lowest BCUT2D eigenvalue weighted by molar-refractivity contribution is 0.169. The van der Waals surface area contributed by atoms with Gasteiger partial charge >= 0.3 is 0 Å². The van der Waals surface area contributed by atoms with Gasteiger partial charge in [-0.1, -0.05) is 30.7 Å². The Morgan fingerprint density at radius 2 is 2.10 bits per heavy atom. The topological polar surface area (TPSA) is 24.5 Å². The molecule has 1 aromatic rings. The van der Waals surface area contributed by atoms with E-state index in [0.29, 0.717) is 18.6 Å². The van der Waals surface area contributed by atoms with Crippen molar-refractivity contribution in [1.29, 1.82) is 0 Å². The van der Waals surface area contributed by atoms with Crippen LogP contribution in [-0.2, 0) is 11.3 Å². The SMILES string of the molecule is CNCC1CCCCN(C)C1c1ccccc1COC. The van der Waals surface area contributed by atoms with Crippen molar-refractivity contribution in [3.8, 4) is 0 Å². The van der Waals surface area contributed by atoms with Gasteiger partial charge in [0.15, 0.2) is 0 Å². The summed E-state index contributed by atoms with van der Waals surface area (Å²) < 4.78 is 5.39. The normalized spacial score (nSPS) is 24.6. The largest absolute Gasteiger partial charge is 0.380 e. The Labute approximate surface area is 123 Å². The minimum Gasteiger partial charge on any atom is -0.380 e. The minimum atomic E-state index is 0.497. The molecule has 1 fully saturated rings. The van der Waals surface area contributed by atoms with Crippen molar-refractivity contribution in [2.24, 2.45) is 5.92 Å². The molecule has 0 aliphatic carbocycles. The molecule has 0 radical (unpaired) electrons. The third-order valence-electron chi connectivity index (χ3n) is 4.40. The Bertz CT molecular complexity index is 408. The molecule has 2 atom stereocenters. The molecule has 2 unspecified atom stereocenters. The van der Waals surface area contributed by atoms with Gasteiger partial charge in [0.2, 0.25) is 0 Å². The molecule has 1 aromatic carbocycles. The molecule has 1 saturated heterocycles. The molecule has 0 aromatic heterocycles. The lowest BCUT2D eigenvalue weighted by atomic mass is 9.87. The van der Waals surface area contributed by atoms with Gasteiger partial charge in [-0.2, -0.15) is 0 Å². The molecule has 112 valence electrons. The highest BCUT2D eigenvalue weighted by atomic mass is 16.5. The first-order valence-corrected chi connectivity index (χ1v) is 7.69. The van der Waals surface area contributed by atoms with Gasteiger partial charge in [0, 0.05) is 13.2 Å². The Balaban J connectivity index is 2.33. The van der Waals surface area contributed by atoms with Gasteiger partial charge in [0.1, 0.15) is 0 Å². The zero-order valence-corrected chi connectivity index (χ0v) is 13.1. The number of rotatable bonds is 5. The summed E-state index contributed by atoms with van der Waals surface area (Å²) in [5, 5.41) is 3.38. The summed E-state index contributed by atoms with van der Waals surface area (Å²) in [7, 11) is 6.10. The monoisotopic (exact) mass is 276 g/mol. The van der Waals surface area contributed by atoms with E-state index in [1.54, 1.807) is 7.11 Å². The van der Waals surface area contributed by atoms with Crippen molar-refractivity contribution in [1.82, 2.24) is 10.2 Å². The van der Waals surface area contributed by atoms with E-state index in [4.69, 9.17) is 4.74 Å². The maximum atomic E-state index is 5.39. The van der Waals surface area contributed by atoms with Crippen LogP contribution in [0, 0.1) is 5.92 Å². The molecule has 1 aliphatic heterocycles. The fraction of sp³-hybridized carbons (Fsp3) is 0.647. The van der Waals surface area contributed by atoms with Crippen LogP contribution in [0.25, 0.3) is 0 Å². The molecule has 3 nitrogen and oxygen atoms in total. The molecule has 20 heavy (non-hydrogen) atoms. The molecule has 0 bridgehead atoms. The van der Waals surface area contributed by atoms with Gasteiger partial charge in [0.05, 0.1) is 6.61 Å². The van der Waals surface area contributed by atoms with Gasteiger partial charge in [-0.15, -0.1) is 0 Å². The highest BCUT2D eigenvalue weighted by Gasteiger charge is 2.29. The molecule has 1 N–H and O–H groups in total. The second-order valence-electron chi connectivity index (χ2n) is 5.87. The Kier molecular flexibility index (Phi) is 6.02. The van der Waals surface area contributed by atoms with Crippen molar-refractivity contribution >= 4 is 0 Å². The highest BCUT2D eigenvalue weighted by Crippen LogP contribution is 2.35. The van der Waals surface area contributed by atoms with E-state index < -0.39 is 0 Å². The quantitative estimate of drug-likeness (QED) is 0.895. The Morgan fingerprint density at radius 3 is 2.85 bits per heavy atom. The molecular formula is C17H28N2O. The van der Waals surface area contributed by atoms with E-state index in [-0.39, 0.29) is 0 Å². The van der Waals surface area contributed by atoms with Crippen molar-refractivity contribution in [2.75, 3.05) is 34.3 Å². The van der Waals surface area contributed by atoms with Crippen LogP contribution in [0.2, 0.25) is 0 Å². The van der Waals surface area contributed by atoms with Crippen LogP contribution >= 0.6 is 0 Å². The predicted molar refractivity (Wildman–Crippen MR) is 83.8 cm³/mol. The number of nitrogens with one attached hydrogen (secondary N) is 1. The summed E-state index contributed by atoms with van der Waals surface area (Å²) in [6, 6.07) is 9.25. The second kappa shape index (κ2) is 7.77. The summed E-state index contributed by atoms with van der Waals surface area (Å²) in [6.45, 7) is 2.97. The Morgan fingerprint density at radius 1 is 1.30 bits per heavy atom. The molecular weight excluding hydrogens is 248 g/mol. The maximum Gasteiger partial charge on any atom is 0.0716 e. The maximum absolute atomic E-state index is 5.39. The van der Waals surface area contributed by atoms with E-state index in [0.717, 1.165) is 6.54 Å². The van der Waals surface area contributed by atoms with Crippen molar-refractivity contribution in [3.05, 3.63) is 35.4 Å². The number of hydrogen-bond donors (Lipinski definition) is 1. The summed E-state index contributed by atoms with van der Waals surface area (Å²) in [5.41, 5.74) is 2.77. The zero-order valence-electron chi connectivity index (χ0n) is 13.1. The van der Waals surface area contributed by atoms with Gasteiger partial charge in [-0.25, -0.2) is 0 Å². The number of nitrogens with zero attached hydrogens (tertiary/aromatic N) is 1. The van der Waals surface area contributed by atoms with E-state index in [9.17, 15) is 0 Å². The van der Waals surface area contributed by atoms with E-state index in [1.165, 1.54) is 36.9 Å². The van der Waals surface area contributed by atoms with Crippen LogP contribution in [0.15, 0.2) is 24.3 Å². The lowest BCUT2D eigenvalue weighted by Crippen LogP contribution is -2.34. The Hall–Kier alpha value is -0.900. The van der Waals surface area contributed by atoms with Gasteiger partial charge in [-0.05, 0) is 57.1 Å². The summed E-state index contributed by atoms with van der Waals surface area (Å²) in [5.74, 6) is 0.672. The molecule has 0 spiro atoms. The average Bonchev–Trinajstić information content (AvgIpc) is 2.62. The highest BCUT2D eigenvalue weighted by molar-refractivity contribution is 5.30. The number of likely N-dealkylation sites (tertiary alicyclic amines) is 1. The summed E-state index contributed by atoms with van der Waals surface area (Å²) >= 11 is 0. The van der Waals surface area contributed by atoms with Crippen LogP contribution in [0.4, 0.5) is 0 Å². The fourth-order valence-corrected chi connectivity index (χ4v) is 3.50. The average molecular weight is 276 g/mol. The number of benzene rings is 1. The smallest absolute Gasteiger partial charge is 0.0716 e. The first kappa shape index (κ1) is 15.5. The second-order valence-corrected chi connectivity index (χ2v) is 5.87. The van der Waals surface area contributed by atoms with Crippen molar-refractivity contribution in [3.63, 3.8) is 0 Å². The third kappa shape index (κ3) is 3.60. The molecule has 0 saturated carbocycles. The van der Waals surface area contributed by atoms with Crippen LogP contribution < -0.4 is 5.32 Å². The zero-order chi connectivity index (χ0) is 14.4. The van der Waals surface area contributed by atoms with Gasteiger partial charge < -0.3 is 10.1 Å². The number of hydrogen-bond acceptors (Lipinski definition) is 3. The standard InChI is InChI=1S/C17H28N2O/c1-18-12-14-8-6-7-11-19(2)17(14)16-10-5-4-9-15(16)13-20-3/h4-5,9-10,14,17-18H,6-8,11-13H2,1-3H3. The van der Waals surface area contributed by atoms with E-state index in [2.05, 4.69) is 48.6 Å². The van der Waals surface area contributed by atoms with Crippen LogP contribution in [-0.4, -0.2) is 39.2 Å². The van der Waals surface area contributed by atoms with E-state index in [1.807, 2.05) is 0 Å². The van der Waals surface area contributed by atoms with Gasteiger partial charge in [0.25, 0.3) is 0 Å². The number of methoxy groups -OCH3 is 1. The van der Waals surface area contributed by atoms with Crippen molar-refractivity contribution in [2.45, 2.75) is 31.9 Å².